The van der Waals surface area contributed by atoms with E-state index in [4.69, 9.17) is 0 Å². The summed E-state index contributed by atoms with van der Waals surface area (Å²) in [5.41, 5.74) is 0. The fraction of sp³-hybridized carbons (Fsp3) is 1.00. The standard InChI is InChI=1S/C7H16.2Ce.3O/c1-3-5-7-6-4-2;;;;;/h3-7H2,1-2H3;;;;;/q;2*+3;3*-2. The average molecular weight is 428 g/mol. The molecule has 70 valence electrons. The maximum absolute atomic E-state index is 2.25. The number of hydrogen-bond acceptors (Lipinski definition) is 0. The van der Waals surface area contributed by atoms with Gasteiger partial charge in [0.15, 0.2) is 0 Å². The Morgan fingerprint density at radius 1 is 0.583 bits per heavy atom. The van der Waals surface area contributed by atoms with Gasteiger partial charge >= 0.3 is 83.5 Å². The van der Waals surface area contributed by atoms with Crippen LogP contribution in [0.4, 0.5) is 0 Å². The van der Waals surface area contributed by atoms with Gasteiger partial charge in [-0.25, -0.2) is 0 Å². The quantitative estimate of drug-likeness (QED) is 0.617. The molecule has 0 aromatic rings. The van der Waals surface area contributed by atoms with Crippen molar-refractivity contribution in [1.82, 2.24) is 0 Å². The van der Waals surface area contributed by atoms with Crippen LogP contribution < -0.4 is 0 Å². The van der Waals surface area contributed by atoms with Crippen LogP contribution in [-0.2, 0) is 16.4 Å². The van der Waals surface area contributed by atoms with Gasteiger partial charge in [-0.1, -0.05) is 46.0 Å². The van der Waals surface area contributed by atoms with Crippen LogP contribution in [0.25, 0.3) is 0 Å². The zero-order valence-corrected chi connectivity index (χ0v) is 14.0. The van der Waals surface area contributed by atoms with Gasteiger partial charge in [-0.2, -0.15) is 0 Å². The molecule has 0 N–H and O–H groups in total. The fourth-order valence-electron chi connectivity index (χ4n) is 0.677. The molecule has 0 unspecified atom stereocenters. The molecular formula is C7H16Ce2O3. The van der Waals surface area contributed by atoms with Crippen molar-refractivity contribution in [2.24, 2.45) is 0 Å². The molecule has 0 amide bonds. The predicted molar refractivity (Wildman–Crippen MR) is 36.5 cm³/mol. The first-order chi connectivity index (χ1) is 3.41. The van der Waals surface area contributed by atoms with Gasteiger partial charge in [0.2, 0.25) is 0 Å². The molecule has 5 heteroatoms. The largest absolute Gasteiger partial charge is 3.00 e. The van der Waals surface area contributed by atoms with E-state index in [-0.39, 0.29) is 99.9 Å². The minimum Gasteiger partial charge on any atom is -2.00 e. The molecule has 0 rings (SSSR count). The minimum absolute atomic E-state index is 0. The number of hydrogen-bond donors (Lipinski definition) is 0. The molecule has 3 nitrogen and oxygen atoms in total. The molecule has 0 fully saturated rings. The summed E-state index contributed by atoms with van der Waals surface area (Å²) in [6, 6.07) is 0. The van der Waals surface area contributed by atoms with E-state index in [0.717, 1.165) is 0 Å². The smallest absolute Gasteiger partial charge is 2.00 e. The zero-order chi connectivity index (χ0) is 5.54. The molecule has 0 aromatic heterocycles. The van der Waals surface area contributed by atoms with Crippen molar-refractivity contribution in [3.63, 3.8) is 0 Å². The minimum atomic E-state index is 0. The first kappa shape index (κ1) is 36.5. The van der Waals surface area contributed by atoms with Gasteiger partial charge in [0, 0.05) is 0 Å². The topological polar surface area (TPSA) is 85.5 Å². The normalized spacial score (nSPS) is 5.50. The average Bonchev–Trinajstić information content (AvgIpc) is 1.69. The van der Waals surface area contributed by atoms with E-state index in [1.54, 1.807) is 0 Å². The van der Waals surface area contributed by atoms with Crippen molar-refractivity contribution in [3.8, 4) is 0 Å². The molecule has 0 saturated carbocycles. The Balaban J connectivity index is -0.0000000180. The van der Waals surface area contributed by atoms with Crippen LogP contribution in [-0.4, -0.2) is 0 Å². The first-order valence-corrected chi connectivity index (χ1v) is 3.41. The summed E-state index contributed by atoms with van der Waals surface area (Å²) in [7, 11) is 0. The third-order valence-electron chi connectivity index (χ3n) is 1.21. The second kappa shape index (κ2) is 37.3. The Hall–Kier alpha value is 2.63. The van der Waals surface area contributed by atoms with E-state index < -0.39 is 0 Å². The van der Waals surface area contributed by atoms with Crippen LogP contribution in [0.15, 0.2) is 0 Å². The Labute approximate surface area is 143 Å². The van der Waals surface area contributed by atoms with Gasteiger partial charge in [-0.3, -0.25) is 0 Å². The maximum Gasteiger partial charge on any atom is 3.00 e. The number of rotatable bonds is 4. The van der Waals surface area contributed by atoms with Gasteiger partial charge in [-0.05, 0) is 0 Å². The van der Waals surface area contributed by atoms with Crippen LogP contribution in [0, 0.1) is 83.5 Å². The van der Waals surface area contributed by atoms with Crippen molar-refractivity contribution in [2.75, 3.05) is 0 Å². The Kier molecular flexibility index (Phi) is 114. The third kappa shape index (κ3) is 38.9. The van der Waals surface area contributed by atoms with Gasteiger partial charge in [0.05, 0.1) is 0 Å². The Bertz CT molecular complexity index is 35.8. The predicted octanol–water partition coefficient (Wildman–Crippen LogP) is 2.62. The summed E-state index contributed by atoms with van der Waals surface area (Å²) in [4.78, 5) is 0. The van der Waals surface area contributed by atoms with E-state index in [0.29, 0.717) is 0 Å². The maximum atomic E-state index is 2.25. The van der Waals surface area contributed by atoms with Crippen molar-refractivity contribution < 1.29 is 99.9 Å². The summed E-state index contributed by atoms with van der Waals surface area (Å²) in [5, 5.41) is 0. The summed E-state index contributed by atoms with van der Waals surface area (Å²) < 4.78 is 0. The van der Waals surface area contributed by atoms with E-state index in [1.165, 1.54) is 32.1 Å². The first-order valence-electron chi connectivity index (χ1n) is 3.41. The summed E-state index contributed by atoms with van der Waals surface area (Å²) in [5.74, 6) is 0. The van der Waals surface area contributed by atoms with Gasteiger partial charge < -0.3 is 16.4 Å². The number of unbranched alkanes of at least 4 members (excludes halogenated alkanes) is 4. The summed E-state index contributed by atoms with van der Waals surface area (Å²) in [6.45, 7) is 4.49. The van der Waals surface area contributed by atoms with Crippen LogP contribution in [0.5, 0.6) is 0 Å². The molecule has 0 saturated heterocycles. The molecule has 0 aliphatic heterocycles. The third-order valence-corrected chi connectivity index (χ3v) is 1.21. The molecule has 0 bridgehead atoms. The molecule has 0 aliphatic carbocycles. The van der Waals surface area contributed by atoms with E-state index >= 15 is 0 Å². The molecule has 0 atom stereocenters. The van der Waals surface area contributed by atoms with Crippen molar-refractivity contribution in [1.29, 1.82) is 0 Å². The molecule has 12 heavy (non-hydrogen) atoms. The monoisotopic (exact) mass is 428 g/mol. The van der Waals surface area contributed by atoms with Gasteiger partial charge in [-0.15, -0.1) is 0 Å². The molecule has 2 radical (unpaired) electrons. The summed E-state index contributed by atoms with van der Waals surface area (Å²) in [6.07, 6.45) is 7.01. The molecule has 0 heterocycles. The van der Waals surface area contributed by atoms with E-state index in [9.17, 15) is 0 Å². The fourth-order valence-corrected chi connectivity index (χ4v) is 0.677. The second-order valence-electron chi connectivity index (χ2n) is 2.06. The van der Waals surface area contributed by atoms with Gasteiger partial charge in [0.25, 0.3) is 0 Å². The van der Waals surface area contributed by atoms with E-state index in [1.807, 2.05) is 0 Å². The molecular weight excluding hydrogens is 412 g/mol. The molecule has 0 aliphatic rings. The zero-order valence-electron chi connectivity index (χ0n) is 7.76. The van der Waals surface area contributed by atoms with Crippen LogP contribution in [0.1, 0.15) is 46.0 Å². The SMILES string of the molecule is CCCCCCC.[Ce+3].[Ce+3].[O-2].[O-2].[O-2]. The van der Waals surface area contributed by atoms with Crippen LogP contribution in [0.2, 0.25) is 0 Å². The van der Waals surface area contributed by atoms with Crippen molar-refractivity contribution >= 4 is 0 Å². The van der Waals surface area contributed by atoms with Crippen LogP contribution >= 0.6 is 0 Å². The second-order valence-corrected chi connectivity index (χ2v) is 2.06. The van der Waals surface area contributed by atoms with Crippen molar-refractivity contribution in [2.45, 2.75) is 46.0 Å². The van der Waals surface area contributed by atoms with E-state index in [2.05, 4.69) is 13.8 Å². The van der Waals surface area contributed by atoms with Gasteiger partial charge in [0.1, 0.15) is 0 Å². The Morgan fingerprint density at radius 3 is 1.00 bits per heavy atom. The molecule has 0 spiro atoms. The Morgan fingerprint density at radius 2 is 0.833 bits per heavy atom. The van der Waals surface area contributed by atoms with Crippen molar-refractivity contribution in [3.05, 3.63) is 0 Å². The molecule has 0 aromatic carbocycles. The van der Waals surface area contributed by atoms with Crippen LogP contribution in [0.3, 0.4) is 0 Å². The summed E-state index contributed by atoms with van der Waals surface area (Å²) >= 11 is 0.